The highest BCUT2D eigenvalue weighted by Crippen LogP contribution is 2.40. The van der Waals surface area contributed by atoms with Gasteiger partial charge in [-0.15, -0.1) is 0 Å². The summed E-state index contributed by atoms with van der Waals surface area (Å²) in [6.07, 6.45) is 2.04. The summed E-state index contributed by atoms with van der Waals surface area (Å²) in [5.74, 6) is -0.587. The van der Waals surface area contributed by atoms with Crippen molar-refractivity contribution in [3.63, 3.8) is 0 Å². The van der Waals surface area contributed by atoms with Crippen molar-refractivity contribution in [2.24, 2.45) is 5.73 Å². The van der Waals surface area contributed by atoms with E-state index in [2.05, 4.69) is 17.5 Å². The van der Waals surface area contributed by atoms with Crippen LogP contribution < -0.4 is 16.0 Å². The monoisotopic (exact) mass is 510 g/mol. The van der Waals surface area contributed by atoms with Crippen molar-refractivity contribution < 1.29 is 14.3 Å². The molecule has 0 radical (unpaired) electrons. The van der Waals surface area contributed by atoms with E-state index in [0.717, 1.165) is 24.6 Å². The van der Waals surface area contributed by atoms with Gasteiger partial charge in [-0.2, -0.15) is 10.5 Å². The Hall–Kier alpha value is -3.18. The van der Waals surface area contributed by atoms with Gasteiger partial charge in [-0.1, -0.05) is 30.8 Å². The van der Waals surface area contributed by atoms with Crippen LogP contribution >= 0.6 is 11.8 Å². The molecule has 1 aromatic carbocycles. The highest BCUT2D eigenvalue weighted by atomic mass is 32.2. The Balaban J connectivity index is 1.95. The number of thioether (sulfide) groups is 1. The first-order chi connectivity index (χ1) is 17.1. The van der Waals surface area contributed by atoms with E-state index in [0.29, 0.717) is 53.6 Å². The van der Waals surface area contributed by atoms with Gasteiger partial charge < -0.3 is 21.1 Å². The maximum Gasteiger partial charge on any atom is 0.235 e. The highest BCUT2D eigenvalue weighted by molar-refractivity contribution is 8.00. The van der Waals surface area contributed by atoms with Crippen LogP contribution in [0.4, 0.5) is 10.2 Å². The minimum absolute atomic E-state index is 0.230. The Kier molecular flexibility index (Phi) is 8.91. The molecular weight excluding hydrogens is 479 g/mol. The number of rotatable bonds is 9. The zero-order valence-corrected chi connectivity index (χ0v) is 21.5. The van der Waals surface area contributed by atoms with Crippen LogP contribution in [0.3, 0.4) is 0 Å². The van der Waals surface area contributed by atoms with Crippen molar-refractivity contribution in [3.8, 4) is 12.1 Å². The summed E-state index contributed by atoms with van der Waals surface area (Å²) in [4.78, 5) is 19.1. The number of hydrogen-bond acceptors (Lipinski definition) is 8. The SMILES string of the molecule is CCc1c(C#N)c(SC(C(N)=O)c2ccc(F)cc2)nc(N2CCC(NCC(C)(C)O)CC2)c1C#N. The van der Waals surface area contributed by atoms with E-state index in [1.165, 1.54) is 24.3 Å². The predicted molar refractivity (Wildman–Crippen MR) is 137 cm³/mol. The molecule has 1 saturated heterocycles. The number of primary amides is 1. The van der Waals surface area contributed by atoms with Crippen molar-refractivity contribution in [3.05, 3.63) is 52.3 Å². The molecule has 1 aliphatic heterocycles. The number of benzene rings is 1. The molecule has 36 heavy (non-hydrogen) atoms. The van der Waals surface area contributed by atoms with Gasteiger partial charge in [0.2, 0.25) is 5.91 Å². The van der Waals surface area contributed by atoms with Crippen LogP contribution in [0.5, 0.6) is 0 Å². The molecular formula is C26H31FN6O2S. The molecule has 1 atom stereocenters. The van der Waals surface area contributed by atoms with E-state index in [-0.39, 0.29) is 11.6 Å². The fraction of sp³-hybridized carbons (Fsp3) is 0.462. The van der Waals surface area contributed by atoms with Crippen LogP contribution in [-0.4, -0.2) is 47.3 Å². The lowest BCUT2D eigenvalue weighted by Crippen LogP contribution is -2.47. The van der Waals surface area contributed by atoms with E-state index < -0.39 is 22.6 Å². The molecule has 1 aromatic heterocycles. The van der Waals surface area contributed by atoms with Crippen molar-refractivity contribution in [2.75, 3.05) is 24.5 Å². The number of nitrogens with zero attached hydrogens (tertiary/aromatic N) is 4. The Morgan fingerprint density at radius 1 is 1.28 bits per heavy atom. The standard InChI is InChI=1S/C26H31FN6O2S/c1-4-19-20(13-28)24(33-11-9-18(10-12-33)31-15-26(2,3)35)32-25(21(19)14-29)36-22(23(30)34)16-5-7-17(27)8-6-16/h5-8,18,22,31,35H,4,9-12,15H2,1-3H3,(H2,30,34). The molecule has 8 nitrogen and oxygen atoms in total. The second-order valence-corrected chi connectivity index (χ2v) is 10.5. The second kappa shape index (κ2) is 11.7. The zero-order chi connectivity index (χ0) is 26.5. The number of amides is 1. The molecule has 0 spiro atoms. The second-order valence-electron chi connectivity index (χ2n) is 9.45. The number of aliphatic hydroxyl groups is 1. The summed E-state index contributed by atoms with van der Waals surface area (Å²) in [5, 5.41) is 32.8. The van der Waals surface area contributed by atoms with Gasteiger partial charge in [-0.3, -0.25) is 4.79 Å². The quantitative estimate of drug-likeness (QED) is 0.437. The van der Waals surface area contributed by atoms with E-state index in [4.69, 9.17) is 10.7 Å². The molecule has 190 valence electrons. The molecule has 1 aliphatic rings. The summed E-state index contributed by atoms with van der Waals surface area (Å²) in [7, 11) is 0. The average molecular weight is 511 g/mol. The van der Waals surface area contributed by atoms with Crippen molar-refractivity contribution >= 4 is 23.5 Å². The molecule has 0 bridgehead atoms. The van der Waals surface area contributed by atoms with Crippen LogP contribution in [0.2, 0.25) is 0 Å². The van der Waals surface area contributed by atoms with Gasteiger partial charge in [0, 0.05) is 25.7 Å². The number of halogens is 1. The van der Waals surface area contributed by atoms with Gasteiger partial charge in [0.1, 0.15) is 34.0 Å². The predicted octanol–water partition coefficient (Wildman–Crippen LogP) is 3.17. The zero-order valence-electron chi connectivity index (χ0n) is 20.7. The molecule has 10 heteroatoms. The lowest BCUT2D eigenvalue weighted by molar-refractivity contribution is -0.117. The van der Waals surface area contributed by atoms with Crippen molar-refractivity contribution in [1.29, 1.82) is 10.5 Å². The number of carbonyl (C=O) groups is 1. The summed E-state index contributed by atoms with van der Waals surface area (Å²) in [6.45, 7) is 7.14. The molecule has 1 unspecified atom stereocenters. The van der Waals surface area contributed by atoms with Crippen molar-refractivity contribution in [1.82, 2.24) is 10.3 Å². The first kappa shape index (κ1) is 27.4. The van der Waals surface area contributed by atoms with E-state index in [9.17, 15) is 24.8 Å². The number of nitrogens with one attached hydrogen (secondary N) is 1. The number of anilines is 1. The normalized spacial score (nSPS) is 15.2. The minimum atomic E-state index is -0.882. The smallest absolute Gasteiger partial charge is 0.235 e. The fourth-order valence-electron chi connectivity index (χ4n) is 4.23. The van der Waals surface area contributed by atoms with Crippen LogP contribution in [0.15, 0.2) is 29.3 Å². The number of carbonyl (C=O) groups excluding carboxylic acids is 1. The molecule has 3 rings (SSSR count). The van der Waals surface area contributed by atoms with Gasteiger partial charge in [-0.25, -0.2) is 9.37 Å². The third-order valence-electron chi connectivity index (χ3n) is 6.10. The van der Waals surface area contributed by atoms with Gasteiger partial charge >= 0.3 is 0 Å². The Morgan fingerprint density at radius 3 is 2.39 bits per heavy atom. The summed E-state index contributed by atoms with van der Waals surface area (Å²) < 4.78 is 13.4. The van der Waals surface area contributed by atoms with E-state index in [1.54, 1.807) is 13.8 Å². The number of aromatic nitrogens is 1. The Labute approximate surface area is 215 Å². The van der Waals surface area contributed by atoms with Crippen LogP contribution in [-0.2, 0) is 11.2 Å². The number of hydrogen-bond donors (Lipinski definition) is 3. The van der Waals surface area contributed by atoms with Gasteiger partial charge in [0.05, 0.1) is 16.7 Å². The molecule has 1 amide bonds. The van der Waals surface area contributed by atoms with Crippen LogP contribution in [0.1, 0.15) is 61.1 Å². The Bertz CT molecular complexity index is 1180. The third-order valence-corrected chi connectivity index (χ3v) is 7.36. The molecule has 2 heterocycles. The number of nitrogens with two attached hydrogens (primary N) is 1. The van der Waals surface area contributed by atoms with Crippen LogP contribution in [0.25, 0.3) is 0 Å². The molecule has 4 N–H and O–H groups in total. The molecule has 2 aromatic rings. The number of piperidine rings is 1. The summed E-state index contributed by atoms with van der Waals surface area (Å²) in [6, 6.07) is 10.1. The molecule has 0 saturated carbocycles. The van der Waals surface area contributed by atoms with Gasteiger partial charge in [-0.05, 0) is 56.4 Å². The first-order valence-electron chi connectivity index (χ1n) is 11.9. The summed E-state index contributed by atoms with van der Waals surface area (Å²) in [5.41, 5.74) is 6.56. The number of nitriles is 2. The Morgan fingerprint density at radius 2 is 1.89 bits per heavy atom. The van der Waals surface area contributed by atoms with Crippen molar-refractivity contribution in [2.45, 2.75) is 62.0 Å². The van der Waals surface area contributed by atoms with Crippen LogP contribution in [0, 0.1) is 28.5 Å². The maximum atomic E-state index is 13.4. The topological polar surface area (TPSA) is 139 Å². The van der Waals surface area contributed by atoms with E-state index in [1.807, 2.05) is 11.8 Å². The molecule has 0 aliphatic carbocycles. The number of pyridine rings is 1. The lowest BCUT2D eigenvalue weighted by Gasteiger charge is -2.35. The molecule has 1 fully saturated rings. The highest BCUT2D eigenvalue weighted by Gasteiger charge is 2.29. The van der Waals surface area contributed by atoms with Gasteiger partial charge in [0.25, 0.3) is 0 Å². The maximum absolute atomic E-state index is 13.4. The first-order valence-corrected chi connectivity index (χ1v) is 12.7. The largest absolute Gasteiger partial charge is 0.389 e. The lowest BCUT2D eigenvalue weighted by atomic mass is 9.99. The third kappa shape index (κ3) is 6.52. The minimum Gasteiger partial charge on any atom is -0.389 e. The fourth-order valence-corrected chi connectivity index (χ4v) is 5.29. The average Bonchev–Trinajstić information content (AvgIpc) is 2.85. The summed E-state index contributed by atoms with van der Waals surface area (Å²) >= 11 is 1.04. The van der Waals surface area contributed by atoms with Gasteiger partial charge in [0.15, 0.2) is 0 Å². The van der Waals surface area contributed by atoms with E-state index >= 15 is 0 Å².